The van der Waals surface area contributed by atoms with Crippen molar-refractivity contribution in [1.82, 2.24) is 0 Å². The highest BCUT2D eigenvalue weighted by Crippen LogP contribution is 2.34. The Morgan fingerprint density at radius 1 is 0.264 bits per heavy atom. The van der Waals surface area contributed by atoms with Crippen LogP contribution in [0.25, 0.3) is 0 Å². The fourth-order valence-electron chi connectivity index (χ4n) is 6.50. The van der Waals surface area contributed by atoms with E-state index in [4.69, 9.17) is 4.74 Å². The first-order valence-electron chi connectivity index (χ1n) is 20.5. The maximum atomic E-state index is 11.8. The van der Waals surface area contributed by atoms with E-state index in [1.54, 1.807) is 0 Å². The van der Waals surface area contributed by atoms with Crippen molar-refractivity contribution in [3.05, 3.63) is 22.7 Å². The van der Waals surface area contributed by atoms with Gasteiger partial charge in [0.2, 0.25) is 0 Å². The summed E-state index contributed by atoms with van der Waals surface area (Å²) in [6.07, 6.45) is 2.85. The molecule has 0 fully saturated rings. The predicted molar refractivity (Wildman–Crippen MR) is 205 cm³/mol. The topological polar surface area (TPSA) is 252 Å². The van der Waals surface area contributed by atoms with Crippen LogP contribution in [0.2, 0.25) is 0 Å². The van der Waals surface area contributed by atoms with Gasteiger partial charge in [0.1, 0.15) is 23.7 Å². The van der Waals surface area contributed by atoms with E-state index in [0.29, 0.717) is 116 Å². The van der Waals surface area contributed by atoms with Crippen molar-refractivity contribution in [1.29, 1.82) is 0 Å². The van der Waals surface area contributed by atoms with Gasteiger partial charge in [-0.15, -0.1) is 0 Å². The molecule has 0 saturated carbocycles. The molecule has 0 aromatic carbocycles. The zero-order valence-electron chi connectivity index (χ0n) is 32.5. The van der Waals surface area contributed by atoms with Crippen LogP contribution < -0.4 is 0 Å². The molecule has 0 radical (unpaired) electrons. The Hall–Kier alpha value is -1.20. The second-order valence-electron chi connectivity index (χ2n) is 14.3. The smallest absolute Gasteiger partial charge is 0.137 e. The second kappa shape index (κ2) is 35.2. The van der Waals surface area contributed by atoms with Crippen LogP contribution in [0.5, 0.6) is 0 Å². The predicted octanol–water partition coefficient (Wildman–Crippen LogP) is 2.99. The maximum Gasteiger partial charge on any atom is 0.137 e. The van der Waals surface area contributed by atoms with E-state index in [1.165, 1.54) is 0 Å². The molecule has 6 atom stereocenters. The largest absolute Gasteiger partial charge is 0.460 e. The van der Waals surface area contributed by atoms with Crippen LogP contribution in [0.15, 0.2) is 22.7 Å². The first kappa shape index (κ1) is 51.8. The van der Waals surface area contributed by atoms with Gasteiger partial charge < -0.3 is 66.0 Å². The fraction of sp³-hybridized carbons (Fsp3) is 0.900. The standard InChI is InChI=1S/C40H78O13/c41-25-13-1-7-19-31(47)37(32(48)20-8-2-14-26-42)39(35(51)23-11-5-17-29-45)53-40(36(52)24-12-6-18-30-46)38(33(49)21-9-3-15-27-43)34(50)22-10-4-16-28-44/h31-36,41-52H,1-30H2. The summed E-state index contributed by atoms with van der Waals surface area (Å²) in [6, 6.07) is 0. The molecule has 53 heavy (non-hydrogen) atoms. The maximum absolute atomic E-state index is 11.8. The average Bonchev–Trinajstić information content (AvgIpc) is 3.14. The molecule has 0 aliphatic heterocycles. The van der Waals surface area contributed by atoms with Crippen LogP contribution in [-0.4, -0.2) is 138 Å². The van der Waals surface area contributed by atoms with Crippen LogP contribution >= 0.6 is 0 Å². The summed E-state index contributed by atoms with van der Waals surface area (Å²) in [5, 5.41) is 126. The van der Waals surface area contributed by atoms with Crippen molar-refractivity contribution < 1.29 is 66.0 Å². The van der Waals surface area contributed by atoms with Gasteiger partial charge in [-0.3, -0.25) is 0 Å². The molecule has 0 aliphatic rings. The number of rotatable bonds is 38. The monoisotopic (exact) mass is 767 g/mol. The van der Waals surface area contributed by atoms with Gasteiger partial charge in [0.05, 0.1) is 24.4 Å². The van der Waals surface area contributed by atoms with E-state index < -0.39 is 36.6 Å². The van der Waals surface area contributed by atoms with Gasteiger partial charge in [-0.2, -0.15) is 0 Å². The molecule has 0 aromatic rings. The molecule has 0 aliphatic carbocycles. The van der Waals surface area contributed by atoms with Gasteiger partial charge in [-0.05, 0) is 77.0 Å². The summed E-state index contributed by atoms with van der Waals surface area (Å²) in [6.45, 7) is -0.0820. The fourth-order valence-corrected chi connectivity index (χ4v) is 6.50. The Balaban J connectivity index is 7.51. The molecule has 0 aromatic heterocycles. The molecule has 0 amide bonds. The van der Waals surface area contributed by atoms with E-state index in [-0.39, 0.29) is 101 Å². The Morgan fingerprint density at radius 3 is 0.642 bits per heavy atom. The molecule has 316 valence electrons. The number of aliphatic hydroxyl groups is 12. The molecule has 13 heteroatoms. The SMILES string of the molecule is OCCCCCC(O)C(OC(=C(C(O)CCCCCO)C(O)CCCCCO)C(O)CCCCCO)=C(C(O)CCCCCO)C(O)CCCCCO. The normalized spacial score (nSPS) is 15.1. The summed E-state index contributed by atoms with van der Waals surface area (Å²) in [5.41, 5.74) is 0.0683. The molecule has 0 rings (SSSR count). The van der Waals surface area contributed by atoms with Gasteiger partial charge in [-0.25, -0.2) is 0 Å². The molecule has 0 bridgehead atoms. The molecule has 12 N–H and O–H groups in total. The molecule has 0 saturated heterocycles. The van der Waals surface area contributed by atoms with Crippen molar-refractivity contribution in [3.8, 4) is 0 Å². The van der Waals surface area contributed by atoms with Crippen molar-refractivity contribution >= 4 is 0 Å². The summed E-state index contributed by atoms with van der Waals surface area (Å²) < 4.78 is 6.57. The number of hydrogen-bond donors (Lipinski definition) is 12. The van der Waals surface area contributed by atoms with Gasteiger partial charge in [0, 0.05) is 50.8 Å². The van der Waals surface area contributed by atoms with E-state index >= 15 is 0 Å². The minimum atomic E-state index is -1.37. The Bertz CT molecular complexity index is 790. The number of aliphatic hydroxyl groups excluding tert-OH is 12. The zero-order chi connectivity index (χ0) is 39.7. The highest BCUT2D eigenvalue weighted by molar-refractivity contribution is 5.28. The van der Waals surface area contributed by atoms with Crippen molar-refractivity contribution in [2.24, 2.45) is 0 Å². The Labute approximate surface area is 318 Å². The number of hydrogen-bond acceptors (Lipinski definition) is 13. The summed E-state index contributed by atoms with van der Waals surface area (Å²) >= 11 is 0. The lowest BCUT2D eigenvalue weighted by molar-refractivity contribution is 0.0463. The minimum absolute atomic E-state index is 0.00896. The molecule has 0 spiro atoms. The molecule has 6 unspecified atom stereocenters. The number of unbranched alkanes of at least 4 members (excludes halogenated alkanes) is 12. The van der Waals surface area contributed by atoms with E-state index in [1.807, 2.05) is 0 Å². The van der Waals surface area contributed by atoms with Crippen LogP contribution in [0.3, 0.4) is 0 Å². The summed E-state index contributed by atoms with van der Waals surface area (Å²) in [4.78, 5) is 0. The van der Waals surface area contributed by atoms with Crippen LogP contribution in [0.1, 0.15) is 154 Å². The lowest BCUT2D eigenvalue weighted by Gasteiger charge is -2.32. The third-order valence-corrected chi connectivity index (χ3v) is 9.64. The summed E-state index contributed by atoms with van der Waals surface area (Å²) in [5.74, 6) is -0.333. The van der Waals surface area contributed by atoms with E-state index in [2.05, 4.69) is 0 Å². The van der Waals surface area contributed by atoms with Gasteiger partial charge in [0.15, 0.2) is 0 Å². The van der Waals surface area contributed by atoms with Gasteiger partial charge in [0.25, 0.3) is 0 Å². The third-order valence-electron chi connectivity index (χ3n) is 9.64. The average molecular weight is 767 g/mol. The van der Waals surface area contributed by atoms with Crippen LogP contribution in [-0.2, 0) is 4.74 Å². The van der Waals surface area contributed by atoms with Gasteiger partial charge in [-0.1, -0.05) is 77.0 Å². The second-order valence-corrected chi connectivity index (χ2v) is 14.3. The van der Waals surface area contributed by atoms with E-state index in [0.717, 1.165) is 0 Å². The Morgan fingerprint density at radius 2 is 0.453 bits per heavy atom. The van der Waals surface area contributed by atoms with Crippen molar-refractivity contribution in [2.45, 2.75) is 191 Å². The first-order chi connectivity index (χ1) is 25.6. The minimum Gasteiger partial charge on any atom is -0.460 e. The first-order valence-corrected chi connectivity index (χ1v) is 20.5. The molecular weight excluding hydrogens is 688 g/mol. The van der Waals surface area contributed by atoms with E-state index in [9.17, 15) is 61.3 Å². The third kappa shape index (κ3) is 24.1. The van der Waals surface area contributed by atoms with Crippen LogP contribution in [0, 0.1) is 0 Å². The molecular formula is C40H78O13. The van der Waals surface area contributed by atoms with Gasteiger partial charge >= 0.3 is 0 Å². The zero-order valence-corrected chi connectivity index (χ0v) is 32.5. The molecule has 0 heterocycles. The highest BCUT2D eigenvalue weighted by atomic mass is 16.5. The van der Waals surface area contributed by atoms with Crippen molar-refractivity contribution in [2.75, 3.05) is 39.6 Å². The van der Waals surface area contributed by atoms with Crippen molar-refractivity contribution in [3.63, 3.8) is 0 Å². The number of ether oxygens (including phenoxy) is 1. The quantitative estimate of drug-likeness (QED) is 0.0320. The Kier molecular flexibility index (Phi) is 34.4. The highest BCUT2D eigenvalue weighted by Gasteiger charge is 2.34. The van der Waals surface area contributed by atoms with Crippen LogP contribution in [0.4, 0.5) is 0 Å². The lowest BCUT2D eigenvalue weighted by atomic mass is 9.90. The molecule has 13 nitrogen and oxygen atoms in total. The summed E-state index contributed by atoms with van der Waals surface area (Å²) in [7, 11) is 0. The lowest BCUT2D eigenvalue weighted by Crippen LogP contribution is -2.33.